The fourth-order valence-electron chi connectivity index (χ4n) is 2.70. The minimum atomic E-state index is 0.353. The highest BCUT2D eigenvalue weighted by Crippen LogP contribution is 2.26. The molecule has 2 heterocycles. The van der Waals surface area contributed by atoms with E-state index in [1.54, 1.807) is 0 Å². The third-order valence-electron chi connectivity index (χ3n) is 3.16. The average Bonchev–Trinajstić information content (AvgIpc) is 2.67. The van der Waals surface area contributed by atoms with Crippen LogP contribution in [0, 0.1) is 11.3 Å². The van der Waals surface area contributed by atoms with E-state index in [2.05, 4.69) is 42.6 Å². The number of H-pyrrole nitrogens is 1. The van der Waals surface area contributed by atoms with Crippen molar-refractivity contribution in [2.24, 2.45) is 11.3 Å². The van der Waals surface area contributed by atoms with Crippen LogP contribution in [0.15, 0.2) is 12.1 Å². The molecule has 4 nitrogen and oxygen atoms in total. The second-order valence-corrected chi connectivity index (χ2v) is 6.71. The SMILES string of the molecule is CCOc1ccc2[nH]c(CC(C)CC(C)(C)C)nc2n1. The topological polar surface area (TPSA) is 50.8 Å². The maximum Gasteiger partial charge on any atom is 0.215 e. The van der Waals surface area contributed by atoms with E-state index in [1.165, 1.54) is 6.42 Å². The van der Waals surface area contributed by atoms with Gasteiger partial charge in [0.05, 0.1) is 12.1 Å². The summed E-state index contributed by atoms with van der Waals surface area (Å²) in [5, 5.41) is 0. The number of nitrogens with zero attached hydrogens (tertiary/aromatic N) is 2. The number of fused-ring (bicyclic) bond motifs is 1. The van der Waals surface area contributed by atoms with Gasteiger partial charge in [0.15, 0.2) is 5.65 Å². The summed E-state index contributed by atoms with van der Waals surface area (Å²) >= 11 is 0. The predicted molar refractivity (Wildman–Crippen MR) is 82.0 cm³/mol. The molecule has 0 aliphatic carbocycles. The summed E-state index contributed by atoms with van der Waals surface area (Å²) in [6, 6.07) is 3.87. The Labute approximate surface area is 121 Å². The molecule has 0 aromatic carbocycles. The van der Waals surface area contributed by atoms with Crippen molar-refractivity contribution in [2.75, 3.05) is 6.61 Å². The molecular weight excluding hydrogens is 250 g/mol. The first kappa shape index (κ1) is 14.8. The summed E-state index contributed by atoms with van der Waals surface area (Å²) in [7, 11) is 0. The van der Waals surface area contributed by atoms with E-state index < -0.39 is 0 Å². The van der Waals surface area contributed by atoms with Crippen molar-refractivity contribution in [1.29, 1.82) is 0 Å². The molecule has 2 rings (SSSR count). The van der Waals surface area contributed by atoms with E-state index in [9.17, 15) is 0 Å². The lowest BCUT2D eigenvalue weighted by Gasteiger charge is -2.22. The van der Waals surface area contributed by atoms with Crippen LogP contribution in [0.25, 0.3) is 11.2 Å². The lowest BCUT2D eigenvalue weighted by atomic mass is 9.84. The zero-order valence-electron chi connectivity index (χ0n) is 13.2. The summed E-state index contributed by atoms with van der Waals surface area (Å²) in [5.41, 5.74) is 2.08. The van der Waals surface area contributed by atoms with Crippen LogP contribution in [-0.2, 0) is 6.42 Å². The fraction of sp³-hybridized carbons (Fsp3) is 0.625. The van der Waals surface area contributed by atoms with E-state index in [1.807, 2.05) is 19.1 Å². The third-order valence-corrected chi connectivity index (χ3v) is 3.16. The Bertz CT molecular complexity index is 569. The van der Waals surface area contributed by atoms with Gasteiger partial charge < -0.3 is 9.72 Å². The molecule has 0 amide bonds. The summed E-state index contributed by atoms with van der Waals surface area (Å²) < 4.78 is 5.41. The summed E-state index contributed by atoms with van der Waals surface area (Å²) in [6.45, 7) is 11.7. The fourth-order valence-corrected chi connectivity index (χ4v) is 2.70. The van der Waals surface area contributed by atoms with Gasteiger partial charge >= 0.3 is 0 Å². The lowest BCUT2D eigenvalue weighted by molar-refractivity contribution is 0.304. The number of imidazole rings is 1. The van der Waals surface area contributed by atoms with Crippen LogP contribution >= 0.6 is 0 Å². The highest BCUT2D eigenvalue weighted by Gasteiger charge is 2.17. The van der Waals surface area contributed by atoms with Gasteiger partial charge in [-0.3, -0.25) is 0 Å². The molecule has 0 aliphatic heterocycles. The zero-order valence-corrected chi connectivity index (χ0v) is 13.2. The molecule has 0 saturated heterocycles. The van der Waals surface area contributed by atoms with Crippen molar-refractivity contribution < 1.29 is 4.74 Å². The van der Waals surface area contributed by atoms with E-state index >= 15 is 0 Å². The molecular formula is C16H25N3O. The Balaban J connectivity index is 2.11. The van der Waals surface area contributed by atoms with E-state index in [-0.39, 0.29) is 0 Å². The molecule has 20 heavy (non-hydrogen) atoms. The number of pyridine rings is 1. The zero-order chi connectivity index (χ0) is 14.8. The standard InChI is InChI=1S/C16H25N3O/c1-6-20-14-8-7-12-15(19-14)18-13(17-12)9-11(2)10-16(3,4)5/h7-8,11H,6,9-10H2,1-5H3,(H,17,18,19). The summed E-state index contributed by atoms with van der Waals surface area (Å²) in [5.74, 6) is 2.25. The van der Waals surface area contributed by atoms with E-state index in [0.29, 0.717) is 23.8 Å². The van der Waals surface area contributed by atoms with Crippen molar-refractivity contribution in [2.45, 2.75) is 47.5 Å². The van der Waals surface area contributed by atoms with Crippen LogP contribution in [-0.4, -0.2) is 21.6 Å². The number of ether oxygens (including phenoxy) is 1. The lowest BCUT2D eigenvalue weighted by Crippen LogP contribution is -2.13. The molecule has 110 valence electrons. The number of aromatic amines is 1. The summed E-state index contributed by atoms with van der Waals surface area (Å²) in [6.07, 6.45) is 2.14. The van der Waals surface area contributed by atoms with Crippen LogP contribution in [0.3, 0.4) is 0 Å². The Morgan fingerprint density at radius 2 is 2.00 bits per heavy atom. The minimum absolute atomic E-state index is 0.353. The van der Waals surface area contributed by atoms with Crippen molar-refractivity contribution in [3.63, 3.8) is 0 Å². The molecule has 2 aromatic heterocycles. The number of hydrogen-bond donors (Lipinski definition) is 1. The van der Waals surface area contributed by atoms with Gasteiger partial charge in [-0.15, -0.1) is 0 Å². The number of rotatable bonds is 5. The molecule has 2 aromatic rings. The second-order valence-electron chi connectivity index (χ2n) is 6.71. The molecule has 0 saturated carbocycles. The highest BCUT2D eigenvalue weighted by atomic mass is 16.5. The average molecular weight is 275 g/mol. The van der Waals surface area contributed by atoms with Crippen LogP contribution in [0.2, 0.25) is 0 Å². The van der Waals surface area contributed by atoms with Gasteiger partial charge in [-0.05, 0) is 30.7 Å². The molecule has 1 atom stereocenters. The van der Waals surface area contributed by atoms with Gasteiger partial charge in [0.1, 0.15) is 5.82 Å². The van der Waals surface area contributed by atoms with Gasteiger partial charge in [-0.2, -0.15) is 4.98 Å². The minimum Gasteiger partial charge on any atom is -0.478 e. The maximum atomic E-state index is 5.41. The molecule has 0 radical (unpaired) electrons. The van der Waals surface area contributed by atoms with Crippen molar-refractivity contribution in [3.8, 4) is 5.88 Å². The van der Waals surface area contributed by atoms with Crippen LogP contribution in [0.5, 0.6) is 5.88 Å². The van der Waals surface area contributed by atoms with Gasteiger partial charge in [-0.1, -0.05) is 27.7 Å². The van der Waals surface area contributed by atoms with Crippen molar-refractivity contribution in [3.05, 3.63) is 18.0 Å². The Morgan fingerprint density at radius 1 is 1.25 bits per heavy atom. The van der Waals surface area contributed by atoms with E-state index in [4.69, 9.17) is 4.74 Å². The summed E-state index contributed by atoms with van der Waals surface area (Å²) in [4.78, 5) is 12.3. The molecule has 0 aliphatic rings. The maximum absolute atomic E-state index is 5.41. The van der Waals surface area contributed by atoms with Gasteiger partial charge in [-0.25, -0.2) is 4.98 Å². The largest absolute Gasteiger partial charge is 0.478 e. The van der Waals surface area contributed by atoms with Gasteiger partial charge in [0, 0.05) is 12.5 Å². The molecule has 0 spiro atoms. The molecule has 0 fully saturated rings. The molecule has 1 unspecified atom stereocenters. The van der Waals surface area contributed by atoms with Crippen molar-refractivity contribution in [1.82, 2.24) is 15.0 Å². The third kappa shape index (κ3) is 3.95. The van der Waals surface area contributed by atoms with Crippen LogP contribution < -0.4 is 4.74 Å². The Morgan fingerprint density at radius 3 is 2.65 bits per heavy atom. The Kier molecular flexibility index (Phi) is 4.31. The second kappa shape index (κ2) is 5.81. The first-order valence-corrected chi connectivity index (χ1v) is 7.36. The molecule has 0 bridgehead atoms. The molecule has 1 N–H and O–H groups in total. The monoisotopic (exact) mass is 275 g/mol. The van der Waals surface area contributed by atoms with Crippen molar-refractivity contribution >= 4 is 11.2 Å². The van der Waals surface area contributed by atoms with E-state index in [0.717, 1.165) is 23.4 Å². The first-order chi connectivity index (χ1) is 9.37. The quantitative estimate of drug-likeness (QED) is 0.898. The Hall–Kier alpha value is -1.58. The number of aromatic nitrogens is 3. The van der Waals surface area contributed by atoms with Gasteiger partial charge in [0.25, 0.3) is 0 Å². The van der Waals surface area contributed by atoms with Crippen LogP contribution in [0.1, 0.15) is 46.9 Å². The highest BCUT2D eigenvalue weighted by molar-refractivity contribution is 5.71. The van der Waals surface area contributed by atoms with Crippen LogP contribution in [0.4, 0.5) is 0 Å². The normalized spacial score (nSPS) is 13.7. The predicted octanol–water partition coefficient (Wildman–Crippen LogP) is 3.97. The smallest absolute Gasteiger partial charge is 0.215 e. The number of nitrogens with one attached hydrogen (secondary N) is 1. The molecule has 4 heteroatoms. The number of hydrogen-bond acceptors (Lipinski definition) is 3. The van der Waals surface area contributed by atoms with Gasteiger partial charge in [0.2, 0.25) is 5.88 Å². The first-order valence-electron chi connectivity index (χ1n) is 7.36.